The van der Waals surface area contributed by atoms with Crippen LogP contribution >= 0.6 is 0 Å². The highest BCUT2D eigenvalue weighted by atomic mass is 16.2. The van der Waals surface area contributed by atoms with Gasteiger partial charge >= 0.3 is 0 Å². The number of fused-ring (bicyclic) bond motifs is 1. The van der Waals surface area contributed by atoms with Gasteiger partial charge in [0.15, 0.2) is 0 Å². The number of piperidine rings is 1. The van der Waals surface area contributed by atoms with E-state index in [0.29, 0.717) is 11.7 Å². The van der Waals surface area contributed by atoms with E-state index in [2.05, 4.69) is 25.9 Å². The Morgan fingerprint density at radius 1 is 1.07 bits per heavy atom. The molecule has 0 spiro atoms. The van der Waals surface area contributed by atoms with Crippen LogP contribution < -0.4 is 0 Å². The predicted octanol–water partition coefficient (Wildman–Crippen LogP) is 2.63. The van der Waals surface area contributed by atoms with Crippen LogP contribution in [-0.4, -0.2) is 48.2 Å². The number of amides is 1. The molecular weight excluding hydrogens is 340 g/mol. The van der Waals surface area contributed by atoms with Gasteiger partial charge in [-0.1, -0.05) is 6.42 Å². The van der Waals surface area contributed by atoms with Gasteiger partial charge < -0.3 is 14.0 Å². The molecule has 2 aliphatic heterocycles. The fraction of sp³-hybridized carbons (Fsp3) is 0.700. The zero-order valence-electron chi connectivity index (χ0n) is 15.9. The molecule has 2 fully saturated rings. The minimum Gasteiger partial charge on any atom is -0.335 e. The fourth-order valence-electron chi connectivity index (χ4n) is 4.77. The summed E-state index contributed by atoms with van der Waals surface area (Å²) in [5.74, 6) is 3.82. The van der Waals surface area contributed by atoms with Crippen LogP contribution in [0.2, 0.25) is 0 Å². The van der Waals surface area contributed by atoms with E-state index in [4.69, 9.17) is 0 Å². The van der Waals surface area contributed by atoms with Crippen LogP contribution in [0.25, 0.3) is 0 Å². The lowest BCUT2D eigenvalue weighted by atomic mass is 9.85. The van der Waals surface area contributed by atoms with Crippen molar-refractivity contribution in [2.24, 2.45) is 5.92 Å². The first kappa shape index (κ1) is 17.0. The normalized spacial score (nSPS) is 23.1. The molecule has 0 radical (unpaired) electrons. The second kappa shape index (κ2) is 7.09. The zero-order chi connectivity index (χ0) is 18.2. The Labute approximate surface area is 159 Å². The Balaban J connectivity index is 1.32. The van der Waals surface area contributed by atoms with Gasteiger partial charge in [-0.2, -0.15) is 0 Å². The number of hydrogen-bond acceptors (Lipinski definition) is 4. The summed E-state index contributed by atoms with van der Waals surface area (Å²) in [5, 5.41) is 8.49. The van der Waals surface area contributed by atoms with E-state index in [1.165, 1.54) is 19.3 Å². The van der Waals surface area contributed by atoms with Crippen molar-refractivity contribution in [1.82, 2.24) is 29.2 Å². The first-order chi connectivity index (χ1) is 13.3. The molecule has 27 heavy (non-hydrogen) atoms. The molecule has 7 nitrogen and oxygen atoms in total. The van der Waals surface area contributed by atoms with Crippen molar-refractivity contribution in [3.63, 3.8) is 0 Å². The van der Waals surface area contributed by atoms with Crippen molar-refractivity contribution in [3.05, 3.63) is 29.9 Å². The van der Waals surface area contributed by atoms with E-state index >= 15 is 0 Å². The number of aromatic nitrogens is 5. The summed E-state index contributed by atoms with van der Waals surface area (Å²) in [7, 11) is 0. The lowest BCUT2D eigenvalue weighted by Crippen LogP contribution is -2.41. The molecule has 144 valence electrons. The van der Waals surface area contributed by atoms with E-state index in [1.807, 2.05) is 15.7 Å². The SMILES string of the molecule is O=C(c1nnc2n1CCCC2)N1CCCC(c2nccn2CC2CCC2)C1. The summed E-state index contributed by atoms with van der Waals surface area (Å²) in [6.07, 6.45) is 13.4. The third kappa shape index (κ3) is 3.17. The van der Waals surface area contributed by atoms with E-state index in [1.54, 1.807) is 0 Å². The Bertz CT molecular complexity index is 820. The topological polar surface area (TPSA) is 68.8 Å². The smallest absolute Gasteiger partial charge is 0.291 e. The van der Waals surface area contributed by atoms with Crippen LogP contribution in [0, 0.1) is 5.92 Å². The van der Waals surface area contributed by atoms with Gasteiger partial charge in [-0.25, -0.2) is 4.98 Å². The minimum atomic E-state index is 0.0393. The predicted molar refractivity (Wildman–Crippen MR) is 100 cm³/mol. The standard InChI is InChI=1S/C20H28N6O/c27-20(19-23-22-17-8-1-2-11-26(17)19)25-10-4-7-16(14-25)18-21-9-12-24(18)13-15-5-3-6-15/h9,12,15-16H,1-8,10-11,13-14H2. The first-order valence-electron chi connectivity index (χ1n) is 10.5. The largest absolute Gasteiger partial charge is 0.335 e. The Morgan fingerprint density at radius 3 is 2.85 bits per heavy atom. The van der Waals surface area contributed by atoms with Gasteiger partial charge in [0.05, 0.1) is 0 Å². The lowest BCUT2D eigenvalue weighted by Gasteiger charge is -2.33. The highest BCUT2D eigenvalue weighted by Crippen LogP contribution is 2.31. The van der Waals surface area contributed by atoms with Gasteiger partial charge in [0.2, 0.25) is 5.82 Å². The van der Waals surface area contributed by atoms with Crippen molar-refractivity contribution in [1.29, 1.82) is 0 Å². The summed E-state index contributed by atoms with van der Waals surface area (Å²) in [4.78, 5) is 19.8. The second-order valence-electron chi connectivity index (χ2n) is 8.37. The van der Waals surface area contributed by atoms with Gasteiger partial charge in [-0.3, -0.25) is 4.79 Å². The van der Waals surface area contributed by atoms with Crippen LogP contribution in [0.1, 0.15) is 73.1 Å². The monoisotopic (exact) mass is 368 g/mol. The molecule has 2 aromatic heterocycles. The van der Waals surface area contributed by atoms with Crippen LogP contribution in [-0.2, 0) is 19.5 Å². The van der Waals surface area contributed by atoms with E-state index in [0.717, 1.165) is 75.8 Å². The maximum Gasteiger partial charge on any atom is 0.291 e. The highest BCUT2D eigenvalue weighted by molar-refractivity contribution is 5.90. The number of rotatable bonds is 4. The molecule has 0 N–H and O–H groups in total. The molecule has 1 saturated carbocycles. The number of aryl methyl sites for hydroxylation is 1. The average Bonchev–Trinajstić information content (AvgIpc) is 3.31. The van der Waals surface area contributed by atoms with Gasteiger partial charge in [0, 0.05) is 50.9 Å². The van der Waals surface area contributed by atoms with Crippen LogP contribution in [0.15, 0.2) is 12.4 Å². The number of imidazole rings is 1. The summed E-state index contributed by atoms with van der Waals surface area (Å²) in [6.45, 7) is 3.49. The fourth-order valence-corrected chi connectivity index (χ4v) is 4.77. The summed E-state index contributed by atoms with van der Waals surface area (Å²) in [5.41, 5.74) is 0. The van der Waals surface area contributed by atoms with Gasteiger partial charge in [-0.05, 0) is 44.4 Å². The van der Waals surface area contributed by atoms with Crippen molar-refractivity contribution in [2.75, 3.05) is 13.1 Å². The molecule has 7 heteroatoms. The quantitative estimate of drug-likeness (QED) is 0.832. The van der Waals surface area contributed by atoms with Crippen LogP contribution in [0.4, 0.5) is 0 Å². The molecular formula is C20H28N6O. The average molecular weight is 368 g/mol. The van der Waals surface area contributed by atoms with E-state index < -0.39 is 0 Å². The molecule has 1 atom stereocenters. The Morgan fingerprint density at radius 2 is 2.00 bits per heavy atom. The molecule has 1 amide bonds. The molecule has 2 aromatic rings. The van der Waals surface area contributed by atoms with Crippen LogP contribution in [0.3, 0.4) is 0 Å². The van der Waals surface area contributed by atoms with Crippen LogP contribution in [0.5, 0.6) is 0 Å². The van der Waals surface area contributed by atoms with Gasteiger partial charge in [-0.15, -0.1) is 10.2 Å². The minimum absolute atomic E-state index is 0.0393. The number of nitrogens with zero attached hydrogens (tertiary/aromatic N) is 6. The van der Waals surface area contributed by atoms with Crippen molar-refractivity contribution in [3.8, 4) is 0 Å². The molecule has 0 bridgehead atoms. The number of carbonyl (C=O) groups excluding carboxylic acids is 1. The third-order valence-corrected chi connectivity index (χ3v) is 6.55. The lowest BCUT2D eigenvalue weighted by molar-refractivity contribution is 0.0683. The maximum atomic E-state index is 13.1. The number of carbonyl (C=O) groups is 1. The maximum absolute atomic E-state index is 13.1. The van der Waals surface area contributed by atoms with Crippen molar-refractivity contribution < 1.29 is 4.79 Å². The van der Waals surface area contributed by atoms with Gasteiger partial charge in [0.25, 0.3) is 5.91 Å². The van der Waals surface area contributed by atoms with Crippen molar-refractivity contribution in [2.45, 2.75) is 70.4 Å². The molecule has 0 aromatic carbocycles. The Hall–Kier alpha value is -2.18. The highest BCUT2D eigenvalue weighted by Gasteiger charge is 2.32. The van der Waals surface area contributed by atoms with E-state index in [-0.39, 0.29) is 5.91 Å². The molecule has 1 unspecified atom stereocenters. The number of likely N-dealkylation sites (tertiary alicyclic amines) is 1. The molecule has 4 heterocycles. The first-order valence-corrected chi connectivity index (χ1v) is 10.5. The van der Waals surface area contributed by atoms with Gasteiger partial charge in [0.1, 0.15) is 11.6 Å². The summed E-state index contributed by atoms with van der Waals surface area (Å²) >= 11 is 0. The number of hydrogen-bond donors (Lipinski definition) is 0. The molecule has 1 saturated heterocycles. The molecule has 5 rings (SSSR count). The summed E-state index contributed by atoms with van der Waals surface area (Å²) < 4.78 is 4.37. The van der Waals surface area contributed by atoms with Crippen molar-refractivity contribution >= 4 is 5.91 Å². The third-order valence-electron chi connectivity index (χ3n) is 6.55. The Kier molecular flexibility index (Phi) is 4.45. The zero-order valence-corrected chi connectivity index (χ0v) is 15.9. The molecule has 1 aliphatic carbocycles. The second-order valence-corrected chi connectivity index (χ2v) is 8.37. The molecule has 3 aliphatic rings. The van der Waals surface area contributed by atoms with E-state index in [9.17, 15) is 4.79 Å². The summed E-state index contributed by atoms with van der Waals surface area (Å²) in [6, 6.07) is 0.